The van der Waals surface area contributed by atoms with Crippen molar-refractivity contribution < 1.29 is 17.9 Å². The van der Waals surface area contributed by atoms with Crippen LogP contribution in [0.5, 0.6) is 0 Å². The second-order valence-corrected chi connectivity index (χ2v) is 5.92. The molecule has 1 heterocycles. The highest BCUT2D eigenvalue weighted by atomic mass is 35.5. The Balaban J connectivity index is 2.08. The first-order chi connectivity index (χ1) is 12.4. The highest BCUT2D eigenvalue weighted by Gasteiger charge is 2.32. The van der Waals surface area contributed by atoms with Crippen molar-refractivity contribution in [3.63, 3.8) is 0 Å². The van der Waals surface area contributed by atoms with E-state index in [0.29, 0.717) is 5.56 Å². The molecule has 136 valence electrons. The molecule has 4 nitrogen and oxygen atoms in total. The number of hydrogen-bond donors (Lipinski definition) is 1. The molecule has 0 saturated heterocycles. The third-order valence-corrected chi connectivity index (χ3v) is 4.11. The number of nitrogens with zero attached hydrogens (tertiary/aromatic N) is 2. The number of halogens is 4. The summed E-state index contributed by atoms with van der Waals surface area (Å²) in [6, 6.07) is 16.7. The van der Waals surface area contributed by atoms with Crippen LogP contribution in [0.1, 0.15) is 5.56 Å². The second kappa shape index (κ2) is 7.29. The number of hydrazone groups is 1. The van der Waals surface area contributed by atoms with Crippen LogP contribution >= 0.6 is 11.6 Å². The van der Waals surface area contributed by atoms with E-state index in [4.69, 9.17) is 16.3 Å². The Morgan fingerprint density at radius 2 is 1.65 bits per heavy atom. The molecule has 8 heteroatoms. The first kappa shape index (κ1) is 18.1. The van der Waals surface area contributed by atoms with Crippen molar-refractivity contribution >= 4 is 23.1 Å². The SMILES string of the molecule is CN1NN=C(OCC(F)(F)F)C(c2ccccc2-c2ccccc2)=C1Cl. The van der Waals surface area contributed by atoms with Crippen LogP contribution < -0.4 is 5.53 Å². The summed E-state index contributed by atoms with van der Waals surface area (Å²) in [6.45, 7) is -1.46. The van der Waals surface area contributed by atoms with Gasteiger partial charge in [0.15, 0.2) is 6.61 Å². The van der Waals surface area contributed by atoms with Gasteiger partial charge in [-0.2, -0.15) is 13.2 Å². The minimum Gasteiger partial charge on any atom is -0.466 e. The van der Waals surface area contributed by atoms with E-state index in [9.17, 15) is 13.2 Å². The number of ether oxygens (including phenoxy) is 1. The van der Waals surface area contributed by atoms with Crippen LogP contribution in [0.2, 0.25) is 0 Å². The molecule has 1 N–H and O–H groups in total. The Kier molecular flexibility index (Phi) is 5.08. The van der Waals surface area contributed by atoms with E-state index >= 15 is 0 Å². The van der Waals surface area contributed by atoms with Crippen molar-refractivity contribution in [1.29, 1.82) is 0 Å². The van der Waals surface area contributed by atoms with Gasteiger partial charge in [0.1, 0.15) is 5.16 Å². The van der Waals surface area contributed by atoms with E-state index in [1.165, 1.54) is 5.01 Å². The Hall–Kier alpha value is -2.67. The van der Waals surface area contributed by atoms with Crippen molar-refractivity contribution in [2.75, 3.05) is 13.7 Å². The number of benzene rings is 2. The first-order valence-corrected chi connectivity index (χ1v) is 8.06. The molecule has 26 heavy (non-hydrogen) atoms. The summed E-state index contributed by atoms with van der Waals surface area (Å²) < 4.78 is 42.7. The van der Waals surface area contributed by atoms with E-state index in [1.54, 1.807) is 19.2 Å². The van der Waals surface area contributed by atoms with Gasteiger partial charge in [0.25, 0.3) is 0 Å². The van der Waals surface area contributed by atoms with Gasteiger partial charge in [-0.05, 0) is 16.7 Å². The Bertz CT molecular complexity index is 850. The van der Waals surface area contributed by atoms with E-state index < -0.39 is 12.8 Å². The van der Waals surface area contributed by atoms with Gasteiger partial charge in [-0.1, -0.05) is 66.2 Å². The predicted octanol–water partition coefficient (Wildman–Crippen LogP) is 4.60. The molecule has 0 atom stereocenters. The fourth-order valence-electron chi connectivity index (χ4n) is 2.53. The van der Waals surface area contributed by atoms with Crippen LogP contribution in [0, 0.1) is 0 Å². The van der Waals surface area contributed by atoms with Crippen LogP contribution in [0.3, 0.4) is 0 Å². The molecule has 0 spiro atoms. The third kappa shape index (κ3) is 3.94. The lowest BCUT2D eigenvalue weighted by Gasteiger charge is -2.27. The molecule has 2 aromatic rings. The van der Waals surface area contributed by atoms with Gasteiger partial charge in [0.2, 0.25) is 5.90 Å². The summed E-state index contributed by atoms with van der Waals surface area (Å²) in [5, 5.41) is 5.47. The van der Waals surface area contributed by atoms with Gasteiger partial charge in [-0.15, -0.1) is 5.10 Å². The summed E-state index contributed by atoms with van der Waals surface area (Å²) in [4.78, 5) is 0. The summed E-state index contributed by atoms with van der Waals surface area (Å²) in [6.07, 6.45) is -4.48. The molecule has 0 aliphatic carbocycles. The monoisotopic (exact) mass is 381 g/mol. The van der Waals surface area contributed by atoms with Gasteiger partial charge >= 0.3 is 6.18 Å². The molecular weight excluding hydrogens is 367 g/mol. The molecule has 2 aromatic carbocycles. The number of rotatable bonds is 3. The maximum absolute atomic E-state index is 12.6. The lowest BCUT2D eigenvalue weighted by molar-refractivity contribution is -0.156. The number of hydrazine groups is 1. The van der Waals surface area contributed by atoms with E-state index in [0.717, 1.165) is 11.1 Å². The van der Waals surface area contributed by atoms with Crippen molar-refractivity contribution in [2.45, 2.75) is 6.18 Å². The van der Waals surface area contributed by atoms with E-state index in [-0.39, 0.29) is 16.6 Å². The molecule has 0 radical (unpaired) electrons. The lowest BCUT2D eigenvalue weighted by Crippen LogP contribution is -2.36. The summed E-state index contributed by atoms with van der Waals surface area (Å²) in [5.41, 5.74) is 5.13. The zero-order valence-electron chi connectivity index (χ0n) is 13.7. The zero-order chi connectivity index (χ0) is 18.7. The minimum atomic E-state index is -4.48. The quantitative estimate of drug-likeness (QED) is 0.789. The van der Waals surface area contributed by atoms with Gasteiger partial charge in [0, 0.05) is 7.05 Å². The normalized spacial score (nSPS) is 14.8. The van der Waals surface area contributed by atoms with Crippen LogP contribution in [0.15, 0.2) is 64.9 Å². The topological polar surface area (TPSA) is 36.9 Å². The summed E-state index contributed by atoms with van der Waals surface area (Å²) >= 11 is 6.37. The Morgan fingerprint density at radius 3 is 2.31 bits per heavy atom. The lowest BCUT2D eigenvalue weighted by atomic mass is 9.94. The molecule has 1 aliphatic rings. The molecule has 0 unspecified atom stereocenters. The average molecular weight is 382 g/mol. The van der Waals surface area contributed by atoms with Crippen molar-refractivity contribution in [1.82, 2.24) is 10.5 Å². The molecule has 0 bridgehead atoms. The molecule has 0 saturated carbocycles. The third-order valence-electron chi connectivity index (χ3n) is 3.67. The smallest absolute Gasteiger partial charge is 0.422 e. The van der Waals surface area contributed by atoms with Crippen LogP contribution in [-0.2, 0) is 4.74 Å². The largest absolute Gasteiger partial charge is 0.466 e. The van der Waals surface area contributed by atoms with Crippen LogP contribution in [0.4, 0.5) is 13.2 Å². The standard InChI is InChI=1S/C18H15ClF3N3O/c1-25-16(19)15(17(23-24-25)26-11-18(20,21)22)14-10-6-5-9-13(14)12-7-3-2-4-8-12/h2-10,24H,11H2,1H3. The fraction of sp³-hybridized carbons (Fsp3) is 0.167. The Labute approximate surface area is 153 Å². The molecule has 0 amide bonds. The molecular formula is C18H15ClF3N3O. The average Bonchev–Trinajstić information content (AvgIpc) is 2.63. The second-order valence-electron chi connectivity index (χ2n) is 5.56. The van der Waals surface area contributed by atoms with Crippen molar-refractivity contribution in [3.05, 3.63) is 65.3 Å². The van der Waals surface area contributed by atoms with Crippen LogP contribution in [0.25, 0.3) is 16.7 Å². The van der Waals surface area contributed by atoms with Gasteiger partial charge < -0.3 is 4.74 Å². The van der Waals surface area contributed by atoms with E-state index in [1.807, 2.05) is 42.5 Å². The number of alkyl halides is 3. The minimum absolute atomic E-state index is 0.181. The summed E-state index contributed by atoms with van der Waals surface area (Å²) in [7, 11) is 1.61. The van der Waals surface area contributed by atoms with E-state index in [2.05, 4.69) is 10.6 Å². The maximum atomic E-state index is 12.6. The fourth-order valence-corrected chi connectivity index (χ4v) is 2.75. The van der Waals surface area contributed by atoms with Crippen molar-refractivity contribution in [3.8, 4) is 11.1 Å². The molecule has 3 rings (SSSR count). The first-order valence-electron chi connectivity index (χ1n) is 7.68. The molecule has 0 fully saturated rings. The predicted molar refractivity (Wildman–Crippen MR) is 95.0 cm³/mol. The number of nitrogens with one attached hydrogen (secondary N) is 1. The van der Waals surface area contributed by atoms with Gasteiger partial charge in [-0.25, -0.2) is 5.53 Å². The van der Waals surface area contributed by atoms with Gasteiger partial charge in [-0.3, -0.25) is 5.01 Å². The summed E-state index contributed by atoms with van der Waals surface area (Å²) in [5.74, 6) is -0.214. The zero-order valence-corrected chi connectivity index (χ0v) is 14.5. The van der Waals surface area contributed by atoms with Crippen molar-refractivity contribution in [2.24, 2.45) is 5.10 Å². The Morgan fingerprint density at radius 1 is 1.04 bits per heavy atom. The van der Waals surface area contributed by atoms with Crippen LogP contribution in [-0.4, -0.2) is 30.7 Å². The highest BCUT2D eigenvalue weighted by molar-refractivity contribution is 6.39. The maximum Gasteiger partial charge on any atom is 0.422 e. The molecule has 1 aliphatic heterocycles. The number of hydrogen-bond acceptors (Lipinski definition) is 4. The highest BCUT2D eigenvalue weighted by Crippen LogP contribution is 2.35. The molecule has 0 aromatic heterocycles. The van der Waals surface area contributed by atoms with Gasteiger partial charge in [0.05, 0.1) is 5.57 Å².